The summed E-state index contributed by atoms with van der Waals surface area (Å²) >= 11 is 0. The number of carbonyl (C=O) groups excluding carboxylic acids is 1. The number of hydrogen-bond acceptors (Lipinski definition) is 2. The maximum atomic E-state index is 12.9. The first-order valence-electron chi connectivity index (χ1n) is 6.14. The third kappa shape index (κ3) is 5.17. The molecule has 0 saturated heterocycles. The van der Waals surface area contributed by atoms with Crippen LogP contribution in [-0.2, 0) is 10.2 Å². The minimum absolute atomic E-state index is 0. The van der Waals surface area contributed by atoms with Gasteiger partial charge < -0.3 is 11.1 Å². The molecule has 19 heavy (non-hydrogen) atoms. The van der Waals surface area contributed by atoms with Crippen LogP contribution in [0.15, 0.2) is 24.3 Å². The first-order chi connectivity index (χ1) is 8.34. The summed E-state index contributed by atoms with van der Waals surface area (Å²) in [7, 11) is 0. The maximum Gasteiger partial charge on any atom is 0.230 e. The van der Waals surface area contributed by atoms with E-state index >= 15 is 0 Å². The van der Waals surface area contributed by atoms with E-state index in [1.807, 2.05) is 20.8 Å². The molecule has 0 aliphatic carbocycles. The van der Waals surface area contributed by atoms with Crippen molar-refractivity contribution in [3.63, 3.8) is 0 Å². The molecule has 108 valence electrons. The summed E-state index contributed by atoms with van der Waals surface area (Å²) in [5.41, 5.74) is 5.74. The standard InChI is InChI=1S/C14H21FN2O.ClH/c1-10(16)8-9-17-13(18)14(2,3)11-4-6-12(15)7-5-11;/h4-7,10H,8-9,16H2,1-3H3,(H,17,18);1H. The monoisotopic (exact) mass is 288 g/mol. The van der Waals surface area contributed by atoms with Crippen LogP contribution in [0.1, 0.15) is 32.8 Å². The Morgan fingerprint density at radius 2 is 1.89 bits per heavy atom. The smallest absolute Gasteiger partial charge is 0.230 e. The Balaban J connectivity index is 0.00000324. The number of nitrogens with two attached hydrogens (primary N) is 1. The van der Waals surface area contributed by atoms with Gasteiger partial charge in [0.25, 0.3) is 0 Å². The van der Waals surface area contributed by atoms with Gasteiger partial charge in [-0.15, -0.1) is 12.4 Å². The van der Waals surface area contributed by atoms with E-state index in [1.165, 1.54) is 12.1 Å². The number of hydrogen-bond donors (Lipinski definition) is 2. The molecule has 1 amide bonds. The highest BCUT2D eigenvalue weighted by Gasteiger charge is 2.29. The fourth-order valence-electron chi connectivity index (χ4n) is 1.63. The molecule has 3 nitrogen and oxygen atoms in total. The first kappa shape index (κ1) is 17.9. The summed E-state index contributed by atoms with van der Waals surface area (Å²) < 4.78 is 12.9. The Bertz CT molecular complexity index is 404. The predicted molar refractivity (Wildman–Crippen MR) is 78.0 cm³/mol. The average molecular weight is 289 g/mol. The molecule has 0 aromatic heterocycles. The van der Waals surface area contributed by atoms with Crippen molar-refractivity contribution in [2.45, 2.75) is 38.6 Å². The van der Waals surface area contributed by atoms with Gasteiger partial charge in [0.2, 0.25) is 5.91 Å². The van der Waals surface area contributed by atoms with Gasteiger partial charge in [-0.2, -0.15) is 0 Å². The van der Waals surface area contributed by atoms with Crippen molar-refractivity contribution in [2.75, 3.05) is 6.54 Å². The predicted octanol–water partition coefficient (Wildman–Crippen LogP) is 2.38. The highest BCUT2D eigenvalue weighted by Crippen LogP contribution is 2.23. The van der Waals surface area contributed by atoms with Crippen LogP contribution in [0.4, 0.5) is 4.39 Å². The zero-order chi connectivity index (χ0) is 13.8. The van der Waals surface area contributed by atoms with Crippen molar-refractivity contribution < 1.29 is 9.18 Å². The number of benzene rings is 1. The van der Waals surface area contributed by atoms with E-state index in [-0.39, 0.29) is 30.2 Å². The molecule has 5 heteroatoms. The van der Waals surface area contributed by atoms with Gasteiger partial charge in [0.15, 0.2) is 0 Å². The molecule has 0 aliphatic rings. The van der Waals surface area contributed by atoms with E-state index in [9.17, 15) is 9.18 Å². The van der Waals surface area contributed by atoms with E-state index in [0.29, 0.717) is 6.54 Å². The molecular weight excluding hydrogens is 267 g/mol. The topological polar surface area (TPSA) is 55.1 Å². The van der Waals surface area contributed by atoms with Gasteiger partial charge in [0.05, 0.1) is 5.41 Å². The van der Waals surface area contributed by atoms with E-state index in [0.717, 1.165) is 12.0 Å². The molecule has 1 atom stereocenters. The van der Waals surface area contributed by atoms with Crippen LogP contribution in [0.25, 0.3) is 0 Å². The lowest BCUT2D eigenvalue weighted by Gasteiger charge is -2.24. The normalized spacial score (nSPS) is 12.5. The molecule has 1 unspecified atom stereocenters. The van der Waals surface area contributed by atoms with Crippen molar-refractivity contribution in [2.24, 2.45) is 5.73 Å². The molecule has 0 saturated carbocycles. The highest BCUT2D eigenvalue weighted by atomic mass is 35.5. The SMILES string of the molecule is CC(N)CCNC(=O)C(C)(C)c1ccc(F)cc1.Cl. The lowest BCUT2D eigenvalue weighted by molar-refractivity contribution is -0.125. The van der Waals surface area contributed by atoms with Crippen LogP contribution >= 0.6 is 12.4 Å². The maximum absolute atomic E-state index is 12.9. The molecular formula is C14H22ClFN2O. The summed E-state index contributed by atoms with van der Waals surface area (Å²) in [5.74, 6) is -0.373. The Morgan fingerprint density at radius 1 is 1.37 bits per heavy atom. The van der Waals surface area contributed by atoms with Crippen molar-refractivity contribution in [1.29, 1.82) is 0 Å². The minimum atomic E-state index is -0.675. The summed E-state index contributed by atoms with van der Waals surface area (Å²) in [4.78, 5) is 12.1. The molecule has 0 aliphatic heterocycles. The van der Waals surface area contributed by atoms with Crippen LogP contribution in [0.2, 0.25) is 0 Å². The van der Waals surface area contributed by atoms with Gasteiger partial charge in [-0.25, -0.2) is 4.39 Å². The van der Waals surface area contributed by atoms with Crippen LogP contribution in [0, 0.1) is 5.82 Å². The van der Waals surface area contributed by atoms with Gasteiger partial charge in [0.1, 0.15) is 5.82 Å². The quantitative estimate of drug-likeness (QED) is 0.874. The fourth-order valence-corrected chi connectivity index (χ4v) is 1.63. The van der Waals surface area contributed by atoms with Crippen molar-refractivity contribution in [3.05, 3.63) is 35.6 Å². The number of amides is 1. The Labute approximate surface area is 120 Å². The Kier molecular flexibility index (Phi) is 7.01. The molecule has 0 spiro atoms. The number of rotatable bonds is 5. The molecule has 1 aromatic carbocycles. The molecule has 1 aromatic rings. The third-order valence-corrected chi connectivity index (χ3v) is 3.02. The zero-order valence-corrected chi connectivity index (χ0v) is 12.4. The van der Waals surface area contributed by atoms with Gasteiger partial charge >= 0.3 is 0 Å². The second-order valence-corrected chi connectivity index (χ2v) is 5.15. The van der Waals surface area contributed by atoms with Crippen molar-refractivity contribution in [3.8, 4) is 0 Å². The summed E-state index contributed by atoms with van der Waals surface area (Å²) in [6.07, 6.45) is 0.741. The van der Waals surface area contributed by atoms with E-state index < -0.39 is 5.41 Å². The van der Waals surface area contributed by atoms with Crippen molar-refractivity contribution >= 4 is 18.3 Å². The lowest BCUT2D eigenvalue weighted by Crippen LogP contribution is -2.41. The molecule has 0 fully saturated rings. The van der Waals surface area contributed by atoms with Crippen LogP contribution in [-0.4, -0.2) is 18.5 Å². The van der Waals surface area contributed by atoms with Crippen molar-refractivity contribution in [1.82, 2.24) is 5.32 Å². The van der Waals surface area contributed by atoms with Gasteiger partial charge in [-0.3, -0.25) is 4.79 Å². The second kappa shape index (κ2) is 7.46. The zero-order valence-electron chi connectivity index (χ0n) is 11.6. The summed E-state index contributed by atoms with van der Waals surface area (Å²) in [5, 5.41) is 2.85. The van der Waals surface area contributed by atoms with Crippen LogP contribution in [0.5, 0.6) is 0 Å². The van der Waals surface area contributed by atoms with Gasteiger partial charge in [-0.1, -0.05) is 12.1 Å². The molecule has 0 radical (unpaired) electrons. The fraction of sp³-hybridized carbons (Fsp3) is 0.500. The van der Waals surface area contributed by atoms with Crippen LogP contribution < -0.4 is 11.1 Å². The molecule has 0 bridgehead atoms. The largest absolute Gasteiger partial charge is 0.355 e. The minimum Gasteiger partial charge on any atom is -0.355 e. The van der Waals surface area contributed by atoms with E-state index in [1.54, 1.807) is 12.1 Å². The average Bonchev–Trinajstić information content (AvgIpc) is 2.28. The lowest BCUT2D eigenvalue weighted by atomic mass is 9.83. The summed E-state index contributed by atoms with van der Waals surface area (Å²) in [6.45, 7) is 6.10. The number of nitrogens with one attached hydrogen (secondary N) is 1. The summed E-state index contributed by atoms with van der Waals surface area (Å²) in [6, 6.07) is 6.08. The van der Waals surface area contributed by atoms with E-state index in [2.05, 4.69) is 5.32 Å². The van der Waals surface area contributed by atoms with Crippen LogP contribution in [0.3, 0.4) is 0 Å². The Morgan fingerprint density at radius 3 is 2.37 bits per heavy atom. The highest BCUT2D eigenvalue weighted by molar-refractivity contribution is 5.87. The molecule has 1 rings (SSSR count). The number of halogens is 2. The van der Waals surface area contributed by atoms with Gasteiger partial charge in [-0.05, 0) is 44.9 Å². The molecule has 3 N–H and O–H groups in total. The third-order valence-electron chi connectivity index (χ3n) is 3.02. The first-order valence-corrected chi connectivity index (χ1v) is 6.14. The molecule has 0 heterocycles. The Hall–Kier alpha value is -1.13. The van der Waals surface area contributed by atoms with Gasteiger partial charge in [0, 0.05) is 12.6 Å². The van der Waals surface area contributed by atoms with E-state index in [4.69, 9.17) is 5.73 Å². The number of carbonyl (C=O) groups is 1. The second-order valence-electron chi connectivity index (χ2n) is 5.15.